The Labute approximate surface area is 159 Å². The maximum Gasteiger partial charge on any atom is 0.409 e. The zero-order valence-electron chi connectivity index (χ0n) is 16.3. The van der Waals surface area contributed by atoms with Crippen molar-refractivity contribution in [1.82, 2.24) is 24.7 Å². The molecule has 8 nitrogen and oxygen atoms in total. The molecule has 0 saturated carbocycles. The lowest BCUT2D eigenvalue weighted by Gasteiger charge is -2.35. The lowest BCUT2D eigenvalue weighted by atomic mass is 10.3. The third kappa shape index (κ3) is 4.32. The Morgan fingerprint density at radius 1 is 1.22 bits per heavy atom. The molecule has 3 rings (SSSR count). The van der Waals surface area contributed by atoms with Crippen LogP contribution in [0.15, 0.2) is 29.3 Å². The lowest BCUT2D eigenvalue weighted by molar-refractivity contribution is 0.0914. The van der Waals surface area contributed by atoms with Gasteiger partial charge in [-0.1, -0.05) is 12.1 Å². The van der Waals surface area contributed by atoms with Crippen LogP contribution in [0.2, 0.25) is 0 Å². The number of rotatable bonds is 4. The number of fused-ring (bicyclic) bond motifs is 1. The molecule has 8 heteroatoms. The quantitative estimate of drug-likeness (QED) is 0.653. The third-order valence-electron chi connectivity index (χ3n) is 4.78. The fourth-order valence-electron chi connectivity index (χ4n) is 3.41. The highest BCUT2D eigenvalue weighted by Crippen LogP contribution is 2.14. The third-order valence-corrected chi connectivity index (χ3v) is 4.78. The average molecular weight is 372 g/mol. The van der Waals surface area contributed by atoms with E-state index in [4.69, 9.17) is 4.74 Å². The van der Waals surface area contributed by atoms with E-state index in [-0.39, 0.29) is 6.09 Å². The first-order chi connectivity index (χ1) is 13.1. The molecule has 27 heavy (non-hydrogen) atoms. The van der Waals surface area contributed by atoms with Gasteiger partial charge in [0.25, 0.3) is 0 Å². The molecule has 0 aliphatic carbocycles. The Morgan fingerprint density at radius 3 is 2.63 bits per heavy atom. The topological polar surface area (TPSA) is 75.0 Å². The highest BCUT2D eigenvalue weighted by atomic mass is 16.6. The van der Waals surface area contributed by atoms with Crippen molar-refractivity contribution >= 4 is 23.1 Å². The molecule has 1 saturated heterocycles. The van der Waals surface area contributed by atoms with Gasteiger partial charge in [0.1, 0.15) is 5.82 Å². The summed E-state index contributed by atoms with van der Waals surface area (Å²) in [5.74, 6) is 1.87. The van der Waals surface area contributed by atoms with E-state index in [0.29, 0.717) is 19.7 Å². The minimum absolute atomic E-state index is 0.234. The van der Waals surface area contributed by atoms with Gasteiger partial charge in [0, 0.05) is 46.3 Å². The molecule has 1 amide bonds. The van der Waals surface area contributed by atoms with Crippen LogP contribution in [0.4, 0.5) is 4.79 Å². The number of ether oxygens (including phenoxy) is 1. The van der Waals surface area contributed by atoms with Gasteiger partial charge in [0.2, 0.25) is 0 Å². The molecule has 2 aromatic rings. The van der Waals surface area contributed by atoms with E-state index in [1.54, 1.807) is 11.9 Å². The number of hydrogen-bond acceptors (Lipinski definition) is 4. The fourth-order valence-corrected chi connectivity index (χ4v) is 3.41. The standard InChI is InChI=1S/C19H28N6O2/c1-4-27-19(26)24-13-11-23(12-14-24)18(20-3)21-9-10-25-15(2)22-16-7-5-6-8-17(16)25/h5-8H,4,9-14H2,1-3H3,(H,20,21). The van der Waals surface area contributed by atoms with Crippen molar-refractivity contribution in [1.29, 1.82) is 0 Å². The van der Waals surface area contributed by atoms with Crippen molar-refractivity contribution in [2.45, 2.75) is 20.4 Å². The van der Waals surface area contributed by atoms with Gasteiger partial charge in [-0.05, 0) is 26.0 Å². The molecule has 1 aromatic carbocycles. The number of nitrogens with zero attached hydrogens (tertiary/aromatic N) is 5. The number of guanidine groups is 1. The summed E-state index contributed by atoms with van der Waals surface area (Å²) in [6.45, 7) is 8.60. The van der Waals surface area contributed by atoms with Crippen LogP contribution in [-0.4, -0.2) is 77.8 Å². The maximum absolute atomic E-state index is 11.8. The van der Waals surface area contributed by atoms with Gasteiger partial charge in [0.05, 0.1) is 17.6 Å². The van der Waals surface area contributed by atoms with E-state index in [1.807, 2.05) is 32.0 Å². The maximum atomic E-state index is 11.8. The summed E-state index contributed by atoms with van der Waals surface area (Å²) in [6, 6.07) is 8.18. The first-order valence-electron chi connectivity index (χ1n) is 9.43. The summed E-state index contributed by atoms with van der Waals surface area (Å²) in [5.41, 5.74) is 2.17. The van der Waals surface area contributed by atoms with Crippen LogP contribution in [0, 0.1) is 6.92 Å². The van der Waals surface area contributed by atoms with Gasteiger partial charge < -0.3 is 24.4 Å². The van der Waals surface area contributed by atoms with Gasteiger partial charge in [-0.15, -0.1) is 0 Å². The number of amides is 1. The highest BCUT2D eigenvalue weighted by Gasteiger charge is 2.23. The van der Waals surface area contributed by atoms with Crippen molar-refractivity contribution in [2.24, 2.45) is 4.99 Å². The second-order valence-corrected chi connectivity index (χ2v) is 6.45. The smallest absolute Gasteiger partial charge is 0.409 e. The van der Waals surface area contributed by atoms with Crippen LogP contribution in [0.25, 0.3) is 11.0 Å². The fraction of sp³-hybridized carbons (Fsp3) is 0.526. The molecular formula is C19H28N6O2. The Kier molecular flexibility index (Phi) is 6.16. The zero-order chi connectivity index (χ0) is 19.2. The molecule has 0 spiro atoms. The number of piperazine rings is 1. The monoisotopic (exact) mass is 372 g/mol. The van der Waals surface area contributed by atoms with Crippen molar-refractivity contribution in [3.8, 4) is 0 Å². The molecule has 1 aromatic heterocycles. The molecule has 1 aliphatic heterocycles. The molecule has 1 N–H and O–H groups in total. The number of aryl methyl sites for hydroxylation is 1. The molecule has 1 aliphatic rings. The van der Waals surface area contributed by atoms with E-state index in [0.717, 1.165) is 49.0 Å². The predicted molar refractivity (Wildman–Crippen MR) is 106 cm³/mol. The largest absolute Gasteiger partial charge is 0.450 e. The molecule has 2 heterocycles. The van der Waals surface area contributed by atoms with Gasteiger partial charge in [0.15, 0.2) is 5.96 Å². The average Bonchev–Trinajstić information content (AvgIpc) is 3.01. The Balaban J connectivity index is 1.53. The number of imidazole rings is 1. The van der Waals surface area contributed by atoms with Crippen molar-refractivity contribution in [3.05, 3.63) is 30.1 Å². The number of carbonyl (C=O) groups is 1. The minimum Gasteiger partial charge on any atom is -0.450 e. The van der Waals surface area contributed by atoms with Crippen LogP contribution in [0.5, 0.6) is 0 Å². The van der Waals surface area contributed by atoms with Crippen molar-refractivity contribution in [2.75, 3.05) is 46.4 Å². The molecule has 146 valence electrons. The summed E-state index contributed by atoms with van der Waals surface area (Å²) >= 11 is 0. The van der Waals surface area contributed by atoms with E-state index < -0.39 is 0 Å². The van der Waals surface area contributed by atoms with Gasteiger partial charge in [-0.2, -0.15) is 0 Å². The number of benzene rings is 1. The number of aromatic nitrogens is 2. The van der Waals surface area contributed by atoms with E-state index in [1.165, 1.54) is 0 Å². The Morgan fingerprint density at radius 2 is 1.93 bits per heavy atom. The van der Waals surface area contributed by atoms with E-state index in [2.05, 4.69) is 30.8 Å². The summed E-state index contributed by atoms with van der Waals surface area (Å²) in [6.07, 6.45) is -0.234. The number of aliphatic imine (C=N–C) groups is 1. The second-order valence-electron chi connectivity index (χ2n) is 6.45. The summed E-state index contributed by atoms with van der Waals surface area (Å²) in [4.78, 5) is 24.7. The van der Waals surface area contributed by atoms with Crippen LogP contribution in [0.1, 0.15) is 12.7 Å². The number of carbonyl (C=O) groups excluding carboxylic acids is 1. The summed E-state index contributed by atoms with van der Waals surface area (Å²) in [7, 11) is 1.79. The van der Waals surface area contributed by atoms with Crippen LogP contribution < -0.4 is 5.32 Å². The summed E-state index contributed by atoms with van der Waals surface area (Å²) in [5, 5.41) is 3.43. The lowest BCUT2D eigenvalue weighted by Crippen LogP contribution is -2.54. The van der Waals surface area contributed by atoms with Crippen LogP contribution >= 0.6 is 0 Å². The molecule has 1 fully saturated rings. The van der Waals surface area contributed by atoms with Crippen molar-refractivity contribution in [3.63, 3.8) is 0 Å². The highest BCUT2D eigenvalue weighted by molar-refractivity contribution is 5.80. The van der Waals surface area contributed by atoms with Crippen LogP contribution in [-0.2, 0) is 11.3 Å². The summed E-state index contributed by atoms with van der Waals surface area (Å²) < 4.78 is 7.29. The van der Waals surface area contributed by atoms with E-state index in [9.17, 15) is 4.79 Å². The first-order valence-corrected chi connectivity index (χ1v) is 9.43. The molecular weight excluding hydrogens is 344 g/mol. The number of nitrogens with one attached hydrogen (secondary N) is 1. The Hall–Kier alpha value is -2.77. The second kappa shape index (κ2) is 8.75. The Bertz CT molecular complexity index is 808. The normalized spacial score (nSPS) is 15.3. The van der Waals surface area contributed by atoms with Gasteiger partial charge in [-0.25, -0.2) is 9.78 Å². The molecule has 0 bridgehead atoms. The number of para-hydroxylation sites is 2. The number of hydrogen-bond donors (Lipinski definition) is 1. The first kappa shape index (κ1) is 19.0. The van der Waals surface area contributed by atoms with Crippen LogP contribution in [0.3, 0.4) is 0 Å². The van der Waals surface area contributed by atoms with Crippen molar-refractivity contribution < 1.29 is 9.53 Å². The van der Waals surface area contributed by atoms with E-state index >= 15 is 0 Å². The molecule has 0 atom stereocenters. The molecule has 0 unspecified atom stereocenters. The van der Waals surface area contributed by atoms with Gasteiger partial charge >= 0.3 is 6.09 Å². The SMILES string of the molecule is CCOC(=O)N1CCN(C(=NC)NCCn2c(C)nc3ccccc32)CC1. The zero-order valence-corrected chi connectivity index (χ0v) is 16.3. The molecule has 0 radical (unpaired) electrons. The minimum atomic E-state index is -0.234. The predicted octanol–water partition coefficient (Wildman–Crippen LogP) is 1.69. The van der Waals surface area contributed by atoms with Gasteiger partial charge in [-0.3, -0.25) is 4.99 Å².